The molecule has 1 aromatic carbocycles. The molecule has 0 amide bonds. The molecule has 0 saturated heterocycles. The number of hydrogen-bond donors (Lipinski definition) is 0. The second-order valence-corrected chi connectivity index (χ2v) is 4.18. The van der Waals surface area contributed by atoms with Crippen LogP contribution in [0.3, 0.4) is 0 Å². The molecule has 2 heterocycles. The fourth-order valence-corrected chi connectivity index (χ4v) is 2.08. The summed E-state index contributed by atoms with van der Waals surface area (Å²) >= 11 is 1.47. The zero-order valence-electron chi connectivity index (χ0n) is 10.0. The maximum absolute atomic E-state index is 4.14. The maximum Gasteiger partial charge on any atom is 1.00 e. The Balaban J connectivity index is 0.00000120. The fraction of sp³-hybridized carbons (Fsp3) is 0.0909. The van der Waals surface area contributed by atoms with Gasteiger partial charge in [-0.25, -0.2) is 4.68 Å². The van der Waals surface area contributed by atoms with Crippen LogP contribution < -0.4 is 18.9 Å². The van der Waals surface area contributed by atoms with Crippen molar-refractivity contribution in [2.75, 3.05) is 0 Å². The largest absolute Gasteiger partial charge is 1.00 e. The van der Waals surface area contributed by atoms with Crippen molar-refractivity contribution in [3.8, 4) is 22.6 Å². The third kappa shape index (κ3) is 2.36. The third-order valence-electron chi connectivity index (χ3n) is 2.45. The Morgan fingerprint density at radius 2 is 1.89 bits per heavy atom. The van der Waals surface area contributed by atoms with Crippen LogP contribution >= 0.6 is 11.3 Å². The van der Waals surface area contributed by atoms with Crippen LogP contribution in [0.2, 0.25) is 0 Å². The van der Waals surface area contributed by atoms with Gasteiger partial charge in [-0.15, -0.1) is 10.5 Å². The second-order valence-electron chi connectivity index (χ2n) is 3.53. The Bertz CT molecular complexity index is 617. The van der Waals surface area contributed by atoms with Gasteiger partial charge in [0.1, 0.15) is 0 Å². The number of thiazole rings is 1. The molecular weight excluding hydrogens is 241 g/mol. The van der Waals surface area contributed by atoms with E-state index in [1.165, 1.54) is 11.3 Å². The Hall–Kier alpha value is -1.48. The van der Waals surface area contributed by atoms with Crippen molar-refractivity contribution < 1.29 is 18.9 Å². The molecule has 2 aromatic heterocycles. The molecule has 0 spiro atoms. The Morgan fingerprint density at radius 3 is 2.44 bits per heavy atom. The molecule has 0 aliphatic heterocycles. The first-order chi connectivity index (χ1) is 8.34. The number of tetrazole rings is 1. The minimum atomic E-state index is 0. The van der Waals surface area contributed by atoms with E-state index in [9.17, 15) is 0 Å². The molecule has 7 heteroatoms. The summed E-state index contributed by atoms with van der Waals surface area (Å²) in [7, 11) is 1.82. The average Bonchev–Trinajstić information content (AvgIpc) is 3.00. The topological polar surface area (TPSA) is 56.5 Å². The van der Waals surface area contributed by atoms with Crippen molar-refractivity contribution in [2.24, 2.45) is 7.05 Å². The molecule has 0 unspecified atom stereocenters. The van der Waals surface area contributed by atoms with Gasteiger partial charge in [0.15, 0.2) is 5.82 Å². The number of nitrogens with zero attached hydrogens (tertiary/aromatic N) is 5. The molecule has 0 radical (unpaired) electrons. The first kappa shape index (κ1) is 13.0. The number of rotatable bonds is 2. The summed E-state index contributed by atoms with van der Waals surface area (Å²) in [5.74, 6) is 0.751. The first-order valence-corrected chi connectivity index (χ1v) is 5.87. The van der Waals surface area contributed by atoms with E-state index in [0.717, 1.165) is 22.6 Å². The van der Waals surface area contributed by atoms with E-state index in [1.807, 2.05) is 36.7 Å². The minimum Gasteiger partial charge on any atom is -0.386 e. The Morgan fingerprint density at radius 1 is 1.17 bits per heavy atom. The first-order valence-electron chi connectivity index (χ1n) is 4.99. The van der Waals surface area contributed by atoms with Crippen LogP contribution in [-0.4, -0.2) is 25.2 Å². The molecule has 0 aliphatic carbocycles. The Labute approximate surface area is 120 Å². The van der Waals surface area contributed by atoms with Gasteiger partial charge >= 0.3 is 18.9 Å². The molecule has 3 rings (SSSR count). The molecule has 18 heavy (non-hydrogen) atoms. The van der Waals surface area contributed by atoms with E-state index in [-0.39, 0.29) is 18.9 Å². The summed E-state index contributed by atoms with van der Waals surface area (Å²) in [5.41, 5.74) is 5.83. The van der Waals surface area contributed by atoms with Gasteiger partial charge < -0.3 is 4.98 Å². The summed E-state index contributed by atoms with van der Waals surface area (Å²) in [6.07, 6.45) is 0. The molecule has 0 fully saturated rings. The molecule has 0 saturated carbocycles. The second kappa shape index (κ2) is 5.44. The molecule has 0 bridgehead atoms. The average molecular weight is 249 g/mol. The van der Waals surface area contributed by atoms with Crippen molar-refractivity contribution in [1.29, 1.82) is 0 Å². The van der Waals surface area contributed by atoms with E-state index in [2.05, 4.69) is 26.0 Å². The van der Waals surface area contributed by atoms with Crippen molar-refractivity contribution in [2.45, 2.75) is 0 Å². The van der Waals surface area contributed by atoms with Crippen LogP contribution in [0.5, 0.6) is 0 Å². The summed E-state index contributed by atoms with van der Waals surface area (Å²) in [4.78, 5) is 4.14. The van der Waals surface area contributed by atoms with Gasteiger partial charge in [-0.1, -0.05) is 35.5 Å². The molecule has 84 valence electrons. The standard InChI is InChI=1S/C11H8N5S.Li/c1-16-11(13-14-15-16)9-4-2-8(3-5-9)10-6-17-7-12-10;/h2-6H,1H3;/q-1;+1. The number of hydrogen-bond acceptors (Lipinski definition) is 5. The van der Waals surface area contributed by atoms with Gasteiger partial charge in [0.25, 0.3) is 0 Å². The molecule has 0 aliphatic rings. The maximum atomic E-state index is 4.14. The third-order valence-corrected chi connectivity index (χ3v) is 2.99. The predicted molar refractivity (Wildman–Crippen MR) is 64.2 cm³/mol. The molecule has 0 N–H and O–H groups in total. The summed E-state index contributed by atoms with van der Waals surface area (Å²) < 4.78 is 1.64. The summed E-state index contributed by atoms with van der Waals surface area (Å²) in [6.45, 7) is 0. The van der Waals surface area contributed by atoms with Crippen molar-refractivity contribution in [3.05, 3.63) is 35.2 Å². The zero-order chi connectivity index (χ0) is 11.7. The Kier molecular flexibility index (Phi) is 3.92. The molecular formula is C11H8LiN5S. The molecule has 5 nitrogen and oxygen atoms in total. The van der Waals surface area contributed by atoms with E-state index >= 15 is 0 Å². The van der Waals surface area contributed by atoms with Crippen LogP contribution in [0.4, 0.5) is 0 Å². The van der Waals surface area contributed by atoms with Gasteiger partial charge in [-0.3, -0.25) is 11.3 Å². The fourth-order valence-electron chi connectivity index (χ4n) is 1.58. The van der Waals surface area contributed by atoms with Gasteiger partial charge in [0.2, 0.25) is 0 Å². The quantitative estimate of drug-likeness (QED) is 0.423. The van der Waals surface area contributed by atoms with Gasteiger partial charge in [0, 0.05) is 12.6 Å². The van der Waals surface area contributed by atoms with Gasteiger partial charge in [-0.2, -0.15) is 0 Å². The van der Waals surface area contributed by atoms with Crippen LogP contribution in [0, 0.1) is 5.51 Å². The van der Waals surface area contributed by atoms with Crippen LogP contribution in [0.25, 0.3) is 22.6 Å². The van der Waals surface area contributed by atoms with Crippen LogP contribution in [-0.2, 0) is 7.05 Å². The smallest absolute Gasteiger partial charge is 0.386 e. The van der Waals surface area contributed by atoms with Crippen molar-refractivity contribution in [3.63, 3.8) is 0 Å². The summed E-state index contributed by atoms with van der Waals surface area (Å²) in [6, 6.07) is 7.99. The number of aromatic nitrogens is 5. The monoisotopic (exact) mass is 249 g/mol. The van der Waals surface area contributed by atoms with Crippen molar-refractivity contribution >= 4 is 11.3 Å². The van der Waals surface area contributed by atoms with Gasteiger partial charge in [-0.05, 0) is 15.9 Å². The predicted octanol–water partition coefficient (Wildman–Crippen LogP) is -1.20. The molecule has 3 aromatic rings. The minimum absolute atomic E-state index is 0. The zero-order valence-corrected chi connectivity index (χ0v) is 10.8. The number of benzene rings is 1. The van der Waals surface area contributed by atoms with Crippen LogP contribution in [0.15, 0.2) is 29.6 Å². The SMILES string of the molecule is Cn1nnnc1-c1ccc(-c2cs[c-]n2)cc1.[Li+]. The number of aryl methyl sites for hydroxylation is 1. The van der Waals surface area contributed by atoms with Crippen molar-refractivity contribution in [1.82, 2.24) is 25.2 Å². The van der Waals surface area contributed by atoms with Gasteiger partial charge in [0.05, 0.1) is 0 Å². The van der Waals surface area contributed by atoms with E-state index < -0.39 is 0 Å². The summed E-state index contributed by atoms with van der Waals surface area (Å²) in [5, 5.41) is 13.4. The van der Waals surface area contributed by atoms with E-state index in [4.69, 9.17) is 0 Å². The van der Waals surface area contributed by atoms with E-state index in [1.54, 1.807) is 4.68 Å². The van der Waals surface area contributed by atoms with Crippen LogP contribution in [0.1, 0.15) is 0 Å². The normalized spacial score (nSPS) is 10.1. The molecule has 0 atom stereocenters. The van der Waals surface area contributed by atoms with E-state index in [0.29, 0.717) is 0 Å².